The predicted molar refractivity (Wildman–Crippen MR) is 178 cm³/mol. The summed E-state index contributed by atoms with van der Waals surface area (Å²) in [7, 11) is 0. The minimum Gasteiger partial charge on any atom is -0.481 e. The summed E-state index contributed by atoms with van der Waals surface area (Å²) < 4.78 is 2.17. The Labute approximate surface area is 256 Å². The third kappa shape index (κ3) is 5.32. The van der Waals surface area contributed by atoms with Gasteiger partial charge in [0.1, 0.15) is 0 Å². The molecule has 226 valence electrons. The maximum absolute atomic E-state index is 11.7. The fraction of sp³-hybridized carbons (Fsp3) is 0.278. The fourth-order valence-corrected chi connectivity index (χ4v) is 6.34. The third-order valence-electron chi connectivity index (χ3n) is 8.80. The van der Waals surface area contributed by atoms with Gasteiger partial charge in [0.15, 0.2) is 0 Å². The van der Waals surface area contributed by atoms with Crippen molar-refractivity contribution in [2.75, 3.05) is 0 Å². The quantitative estimate of drug-likeness (QED) is 0.232. The van der Waals surface area contributed by atoms with Gasteiger partial charge in [-0.05, 0) is 105 Å². The molecule has 8 heteroatoms. The molecule has 5 rings (SSSR count). The lowest BCUT2D eigenvalue weighted by Crippen LogP contribution is -1.99. The van der Waals surface area contributed by atoms with E-state index in [2.05, 4.69) is 35.7 Å². The molecular formula is C36H38N4O4. The van der Waals surface area contributed by atoms with Crippen LogP contribution in [0, 0.1) is 13.8 Å². The predicted octanol–water partition coefficient (Wildman–Crippen LogP) is 8.00. The van der Waals surface area contributed by atoms with Crippen molar-refractivity contribution in [3.8, 4) is 0 Å². The second kappa shape index (κ2) is 12.0. The number of aryl methyl sites for hydroxylation is 4. The summed E-state index contributed by atoms with van der Waals surface area (Å²) in [4.78, 5) is 37.0. The van der Waals surface area contributed by atoms with Crippen LogP contribution in [-0.2, 0) is 22.6 Å². The molecule has 0 spiro atoms. The van der Waals surface area contributed by atoms with E-state index < -0.39 is 11.9 Å². The lowest BCUT2D eigenvalue weighted by atomic mass is 10.00. The Morgan fingerprint density at radius 2 is 1.41 bits per heavy atom. The van der Waals surface area contributed by atoms with Crippen molar-refractivity contribution < 1.29 is 19.8 Å². The number of carboxylic acids is 2. The Balaban J connectivity index is 2.01. The Kier molecular flexibility index (Phi) is 8.28. The fourth-order valence-electron chi connectivity index (χ4n) is 6.34. The molecule has 0 fully saturated rings. The van der Waals surface area contributed by atoms with Crippen molar-refractivity contribution in [3.05, 3.63) is 88.5 Å². The van der Waals surface area contributed by atoms with Gasteiger partial charge in [-0.1, -0.05) is 25.3 Å². The number of fused-ring (bicyclic) bond motifs is 8. The first-order valence-electron chi connectivity index (χ1n) is 14.8. The number of carbonyl (C=O) groups is 2. The Morgan fingerprint density at radius 1 is 0.795 bits per heavy atom. The van der Waals surface area contributed by atoms with E-state index in [1.165, 1.54) is 0 Å². The van der Waals surface area contributed by atoms with Crippen molar-refractivity contribution >= 4 is 62.4 Å². The molecule has 3 N–H and O–H groups in total. The molecule has 0 unspecified atom stereocenters. The van der Waals surface area contributed by atoms with Crippen LogP contribution >= 0.6 is 0 Å². The maximum Gasteiger partial charge on any atom is 0.303 e. The maximum atomic E-state index is 11.7. The minimum absolute atomic E-state index is 0.0161. The number of H-pyrrole nitrogens is 1. The van der Waals surface area contributed by atoms with E-state index in [0.29, 0.717) is 25.1 Å². The minimum atomic E-state index is -0.877. The number of nitrogens with one attached hydrogen (secondary N) is 1. The highest BCUT2D eigenvalue weighted by atomic mass is 16.4. The van der Waals surface area contributed by atoms with Crippen molar-refractivity contribution in [1.29, 1.82) is 0 Å². The van der Waals surface area contributed by atoms with Crippen molar-refractivity contribution in [2.24, 2.45) is 0 Å². The molecule has 2 aliphatic heterocycles. The van der Waals surface area contributed by atoms with Crippen molar-refractivity contribution in [1.82, 2.24) is 19.5 Å². The second-order valence-corrected chi connectivity index (χ2v) is 11.3. The Morgan fingerprint density at radius 3 is 2.05 bits per heavy atom. The molecule has 0 aliphatic carbocycles. The van der Waals surface area contributed by atoms with Crippen LogP contribution in [0.5, 0.6) is 0 Å². The van der Waals surface area contributed by atoms with Crippen LogP contribution in [-0.4, -0.2) is 41.7 Å². The van der Waals surface area contributed by atoms with Gasteiger partial charge < -0.3 is 19.8 Å². The van der Waals surface area contributed by atoms with Crippen LogP contribution in [0.25, 0.3) is 50.4 Å². The molecule has 8 bridgehead atoms. The smallest absolute Gasteiger partial charge is 0.303 e. The number of nitrogens with zero attached hydrogens (tertiary/aromatic N) is 3. The molecule has 8 nitrogen and oxygen atoms in total. The van der Waals surface area contributed by atoms with E-state index >= 15 is 0 Å². The van der Waals surface area contributed by atoms with E-state index in [0.717, 1.165) is 83.7 Å². The van der Waals surface area contributed by atoms with E-state index in [1.807, 2.05) is 58.0 Å². The van der Waals surface area contributed by atoms with Gasteiger partial charge in [0.05, 0.1) is 22.8 Å². The lowest BCUT2D eigenvalue weighted by Gasteiger charge is -2.06. The van der Waals surface area contributed by atoms with Gasteiger partial charge in [-0.3, -0.25) is 9.59 Å². The Hall–Kier alpha value is -4.98. The number of aliphatic carboxylic acids is 2. The van der Waals surface area contributed by atoms with Crippen LogP contribution in [0.2, 0.25) is 0 Å². The molecule has 0 saturated heterocycles. The zero-order chi connectivity index (χ0) is 31.9. The van der Waals surface area contributed by atoms with Gasteiger partial charge in [0, 0.05) is 52.6 Å². The number of hydrogen-bond acceptors (Lipinski definition) is 4. The van der Waals surface area contributed by atoms with Gasteiger partial charge in [-0.25, -0.2) is 9.97 Å². The molecule has 44 heavy (non-hydrogen) atoms. The van der Waals surface area contributed by atoms with Crippen LogP contribution < -0.4 is 0 Å². The molecule has 0 amide bonds. The van der Waals surface area contributed by atoms with Gasteiger partial charge in [0.25, 0.3) is 0 Å². The third-order valence-corrected chi connectivity index (χ3v) is 8.80. The number of allylic oxidation sites excluding steroid dienone is 5. The first-order chi connectivity index (χ1) is 21.0. The summed E-state index contributed by atoms with van der Waals surface area (Å²) in [5.41, 5.74) is 14.2. The van der Waals surface area contributed by atoms with Crippen LogP contribution in [0.1, 0.15) is 85.1 Å². The number of rotatable bonds is 9. The molecule has 0 radical (unpaired) electrons. The number of carboxylic acid groups (broad SMARTS) is 2. The molecular weight excluding hydrogens is 552 g/mol. The summed E-state index contributed by atoms with van der Waals surface area (Å²) in [6, 6.07) is 8.09. The molecule has 3 aromatic heterocycles. The summed E-state index contributed by atoms with van der Waals surface area (Å²) in [5.74, 6) is -1.75. The second-order valence-electron chi connectivity index (χ2n) is 11.3. The summed E-state index contributed by atoms with van der Waals surface area (Å²) in [6.45, 7) is 18.9. The highest BCUT2D eigenvalue weighted by molar-refractivity contribution is 5.98. The molecule has 0 atom stereocenters. The largest absolute Gasteiger partial charge is 0.481 e. The highest BCUT2D eigenvalue weighted by Gasteiger charge is 2.22. The van der Waals surface area contributed by atoms with E-state index in [9.17, 15) is 19.8 Å². The molecule has 0 saturated carbocycles. The number of hydrogen-bond donors (Lipinski definition) is 3. The standard InChI is InChI=1S/C36H38N4O4/c1-8-23-19(4)27-15-28-21(6)25(11-13-35(41)42)32(39-28)18-34-26(12-14-36(43)44)22(7)33(40(34)10-3)17-31-24(9-2)20(5)29(38-31)16-30(23)37-27/h8-9,15-18,37H,1-2,10-14H2,3-7H3,(H,41,42)(H,43,44). The van der Waals surface area contributed by atoms with Crippen LogP contribution in [0.3, 0.4) is 0 Å². The van der Waals surface area contributed by atoms with Crippen LogP contribution in [0.4, 0.5) is 0 Å². The normalized spacial score (nSPS) is 13.0. The van der Waals surface area contributed by atoms with Crippen LogP contribution in [0.15, 0.2) is 43.5 Å². The summed E-state index contributed by atoms with van der Waals surface area (Å²) in [6.07, 6.45) is 4.29. The number of aromatic amines is 1. The SMILES string of the molecule is C=CC1=C(C)c2cc3[nH]c(cc4nc(cc5c(CCC(=O)O)c(C)c(cc1n2)n5CC)C(CCC(=O)O)=C4C)c(C)c3C=C. The first-order valence-corrected chi connectivity index (χ1v) is 14.8. The van der Waals surface area contributed by atoms with Crippen molar-refractivity contribution in [2.45, 2.75) is 66.8 Å². The monoisotopic (exact) mass is 590 g/mol. The molecule has 5 heterocycles. The van der Waals surface area contributed by atoms with Gasteiger partial charge >= 0.3 is 11.9 Å². The summed E-state index contributed by atoms with van der Waals surface area (Å²) >= 11 is 0. The van der Waals surface area contributed by atoms with Gasteiger partial charge in [-0.2, -0.15) is 0 Å². The summed E-state index contributed by atoms with van der Waals surface area (Å²) in [5, 5.41) is 19.1. The average Bonchev–Trinajstić information content (AvgIpc) is 3.62. The van der Waals surface area contributed by atoms with E-state index in [4.69, 9.17) is 9.97 Å². The average molecular weight is 591 g/mol. The first kappa shape index (κ1) is 30.5. The van der Waals surface area contributed by atoms with E-state index in [-0.39, 0.29) is 12.8 Å². The van der Waals surface area contributed by atoms with Crippen molar-refractivity contribution in [3.63, 3.8) is 0 Å². The molecule has 3 aromatic rings. The highest BCUT2D eigenvalue weighted by Crippen LogP contribution is 2.37. The molecule has 2 aliphatic rings. The zero-order valence-electron chi connectivity index (χ0n) is 26.0. The molecule has 0 aromatic carbocycles. The van der Waals surface area contributed by atoms with Gasteiger partial charge in [0.2, 0.25) is 0 Å². The number of aromatic nitrogens is 4. The topological polar surface area (TPSA) is 121 Å². The lowest BCUT2D eigenvalue weighted by molar-refractivity contribution is -0.137. The Bertz CT molecular complexity index is 1980. The zero-order valence-corrected chi connectivity index (χ0v) is 26.0. The van der Waals surface area contributed by atoms with Gasteiger partial charge in [-0.15, -0.1) is 0 Å². The van der Waals surface area contributed by atoms with E-state index in [1.54, 1.807) is 0 Å².